The third-order valence-corrected chi connectivity index (χ3v) is 8.77. The zero-order valence-corrected chi connectivity index (χ0v) is 14.2. The monoisotopic (exact) mass is 274 g/mol. The van der Waals surface area contributed by atoms with Crippen molar-refractivity contribution in [2.75, 3.05) is 0 Å². The second-order valence-corrected chi connectivity index (χ2v) is 10.1. The summed E-state index contributed by atoms with van der Waals surface area (Å²) < 4.78 is 0. The molecule has 0 heteroatoms. The van der Waals surface area contributed by atoms with E-state index in [0.717, 1.165) is 29.1 Å². The highest BCUT2D eigenvalue weighted by Gasteiger charge is 2.63. The smallest absolute Gasteiger partial charge is 0.0258 e. The molecule has 0 amide bonds. The van der Waals surface area contributed by atoms with Crippen LogP contribution in [0.5, 0.6) is 0 Å². The molecule has 6 atom stereocenters. The van der Waals surface area contributed by atoms with Crippen LogP contribution in [0.3, 0.4) is 0 Å². The summed E-state index contributed by atoms with van der Waals surface area (Å²) >= 11 is 0. The van der Waals surface area contributed by atoms with E-state index < -0.39 is 0 Å². The summed E-state index contributed by atoms with van der Waals surface area (Å²) in [6.07, 6.45) is 13.9. The maximum Gasteiger partial charge on any atom is -0.0258 e. The molecule has 0 saturated heterocycles. The normalized spacial score (nSPS) is 57.0. The van der Waals surface area contributed by atoms with Crippen LogP contribution in [-0.2, 0) is 0 Å². The van der Waals surface area contributed by atoms with Crippen molar-refractivity contribution in [2.45, 2.75) is 85.5 Å². The lowest BCUT2D eigenvalue weighted by atomic mass is 9.41. The highest BCUT2D eigenvalue weighted by molar-refractivity contribution is 5.12. The van der Waals surface area contributed by atoms with E-state index in [1.807, 2.05) is 0 Å². The quantitative estimate of drug-likeness (QED) is 0.504. The zero-order chi connectivity index (χ0) is 14.2. The van der Waals surface area contributed by atoms with E-state index in [0.29, 0.717) is 10.8 Å². The molecule has 4 aliphatic carbocycles. The van der Waals surface area contributed by atoms with Crippen molar-refractivity contribution in [2.24, 2.45) is 39.9 Å². The van der Waals surface area contributed by atoms with Crippen LogP contribution in [0.25, 0.3) is 0 Å². The van der Waals surface area contributed by atoms with Crippen LogP contribution in [0.15, 0.2) is 0 Å². The zero-order valence-electron chi connectivity index (χ0n) is 14.2. The molecule has 0 aromatic rings. The minimum absolute atomic E-state index is 0.607. The molecule has 0 N–H and O–H groups in total. The van der Waals surface area contributed by atoms with Crippen molar-refractivity contribution in [3.8, 4) is 0 Å². The molecule has 4 saturated carbocycles. The molecule has 0 aromatic carbocycles. The highest BCUT2D eigenvalue weighted by atomic mass is 14.7. The lowest BCUT2D eigenvalue weighted by Crippen LogP contribution is -2.55. The SMILES string of the molecule is CC1C[C@]23CC[C@H]4C(C)(C)CCC[C@]4(C)[C@H]2CC[C@H]1C3. The van der Waals surface area contributed by atoms with E-state index in [4.69, 9.17) is 0 Å². The van der Waals surface area contributed by atoms with E-state index in [9.17, 15) is 0 Å². The van der Waals surface area contributed by atoms with Gasteiger partial charge in [0.05, 0.1) is 0 Å². The molecule has 4 fully saturated rings. The predicted molar refractivity (Wildman–Crippen MR) is 85.5 cm³/mol. The molecule has 20 heavy (non-hydrogen) atoms. The molecular weight excluding hydrogens is 240 g/mol. The van der Waals surface area contributed by atoms with E-state index in [1.54, 1.807) is 38.5 Å². The van der Waals surface area contributed by atoms with Gasteiger partial charge in [0.2, 0.25) is 0 Å². The Hall–Kier alpha value is 0. The molecule has 0 aromatic heterocycles. The van der Waals surface area contributed by atoms with Crippen LogP contribution in [0.1, 0.15) is 85.5 Å². The van der Waals surface area contributed by atoms with E-state index in [1.165, 1.54) is 19.3 Å². The van der Waals surface area contributed by atoms with Gasteiger partial charge in [0.25, 0.3) is 0 Å². The maximum atomic E-state index is 2.72. The largest absolute Gasteiger partial charge is 0.0622 e. The van der Waals surface area contributed by atoms with Crippen LogP contribution >= 0.6 is 0 Å². The van der Waals surface area contributed by atoms with E-state index in [-0.39, 0.29) is 0 Å². The van der Waals surface area contributed by atoms with Gasteiger partial charge in [-0.15, -0.1) is 0 Å². The van der Waals surface area contributed by atoms with Gasteiger partial charge in [0, 0.05) is 0 Å². The third kappa shape index (κ3) is 1.60. The second kappa shape index (κ2) is 4.05. The fraction of sp³-hybridized carbons (Fsp3) is 1.00. The van der Waals surface area contributed by atoms with Gasteiger partial charge >= 0.3 is 0 Å². The van der Waals surface area contributed by atoms with Gasteiger partial charge in [0.15, 0.2) is 0 Å². The Morgan fingerprint density at radius 3 is 2.40 bits per heavy atom. The molecule has 1 unspecified atom stereocenters. The lowest BCUT2D eigenvalue weighted by Gasteiger charge is -2.64. The first kappa shape index (κ1) is 13.6. The van der Waals surface area contributed by atoms with Crippen LogP contribution in [0.4, 0.5) is 0 Å². The van der Waals surface area contributed by atoms with Gasteiger partial charge in [0.1, 0.15) is 0 Å². The highest BCUT2D eigenvalue weighted by Crippen LogP contribution is 2.72. The van der Waals surface area contributed by atoms with Crippen molar-refractivity contribution >= 4 is 0 Å². The molecule has 2 bridgehead atoms. The molecular formula is C20H34. The van der Waals surface area contributed by atoms with E-state index >= 15 is 0 Å². The Balaban J connectivity index is 1.72. The Morgan fingerprint density at radius 2 is 1.60 bits per heavy atom. The Morgan fingerprint density at radius 1 is 0.800 bits per heavy atom. The summed E-state index contributed by atoms with van der Waals surface area (Å²) in [6, 6.07) is 0. The van der Waals surface area contributed by atoms with Gasteiger partial charge in [-0.1, -0.05) is 34.1 Å². The minimum atomic E-state index is 0.607. The minimum Gasteiger partial charge on any atom is -0.0622 e. The number of hydrogen-bond acceptors (Lipinski definition) is 0. The molecule has 0 radical (unpaired) electrons. The van der Waals surface area contributed by atoms with Crippen molar-refractivity contribution in [3.63, 3.8) is 0 Å². The first-order chi connectivity index (χ1) is 9.37. The summed E-state index contributed by atoms with van der Waals surface area (Å²) in [5, 5.41) is 0. The van der Waals surface area contributed by atoms with Gasteiger partial charge in [-0.2, -0.15) is 0 Å². The molecule has 0 nitrogen and oxygen atoms in total. The summed E-state index contributed by atoms with van der Waals surface area (Å²) in [7, 11) is 0. The molecule has 114 valence electrons. The van der Waals surface area contributed by atoms with Gasteiger partial charge in [-0.3, -0.25) is 0 Å². The Bertz CT molecular complexity index is 404. The van der Waals surface area contributed by atoms with Gasteiger partial charge < -0.3 is 0 Å². The summed E-state index contributed by atoms with van der Waals surface area (Å²) in [4.78, 5) is 0. The van der Waals surface area contributed by atoms with Crippen molar-refractivity contribution in [3.05, 3.63) is 0 Å². The predicted octanol–water partition coefficient (Wildman–Crippen LogP) is 6.06. The van der Waals surface area contributed by atoms with Crippen molar-refractivity contribution in [1.29, 1.82) is 0 Å². The number of rotatable bonds is 0. The number of fused-ring (bicyclic) bond motifs is 3. The summed E-state index contributed by atoms with van der Waals surface area (Å²) in [6.45, 7) is 10.4. The number of hydrogen-bond donors (Lipinski definition) is 0. The van der Waals surface area contributed by atoms with Crippen molar-refractivity contribution < 1.29 is 0 Å². The fourth-order valence-electron chi connectivity index (χ4n) is 8.12. The first-order valence-corrected chi connectivity index (χ1v) is 9.37. The average Bonchev–Trinajstić information content (AvgIpc) is 2.58. The fourth-order valence-corrected chi connectivity index (χ4v) is 8.12. The Labute approximate surface area is 126 Å². The molecule has 4 aliphatic rings. The topological polar surface area (TPSA) is 0 Å². The Kier molecular flexibility index (Phi) is 2.76. The van der Waals surface area contributed by atoms with Crippen LogP contribution in [-0.4, -0.2) is 0 Å². The van der Waals surface area contributed by atoms with Crippen molar-refractivity contribution in [1.82, 2.24) is 0 Å². The van der Waals surface area contributed by atoms with Crippen LogP contribution in [0.2, 0.25) is 0 Å². The average molecular weight is 274 g/mol. The standard InChI is InChI=1S/C20H34/c1-14-12-20-11-8-16-18(2,3)9-5-10-19(16,4)17(20)7-6-15(14)13-20/h14-17H,5-13H2,1-4H3/t14?,15-,16-,17+,19-,20-/m0/s1. The summed E-state index contributed by atoms with van der Waals surface area (Å²) in [5.74, 6) is 4.18. The summed E-state index contributed by atoms with van der Waals surface area (Å²) in [5.41, 5.74) is 2.06. The van der Waals surface area contributed by atoms with Gasteiger partial charge in [-0.25, -0.2) is 0 Å². The lowest BCUT2D eigenvalue weighted by molar-refractivity contribution is -0.144. The van der Waals surface area contributed by atoms with E-state index in [2.05, 4.69) is 27.7 Å². The van der Waals surface area contributed by atoms with Crippen LogP contribution in [0, 0.1) is 39.9 Å². The van der Waals surface area contributed by atoms with Gasteiger partial charge in [-0.05, 0) is 91.3 Å². The maximum absolute atomic E-state index is 2.72. The molecule has 0 heterocycles. The molecule has 1 spiro atoms. The second-order valence-electron chi connectivity index (χ2n) is 10.1. The molecule has 0 aliphatic heterocycles. The third-order valence-electron chi connectivity index (χ3n) is 8.77. The first-order valence-electron chi connectivity index (χ1n) is 9.37. The molecule has 4 rings (SSSR count). The van der Waals surface area contributed by atoms with Crippen LogP contribution < -0.4 is 0 Å².